The summed E-state index contributed by atoms with van der Waals surface area (Å²) in [5.74, 6) is 0.737. The third-order valence-electron chi connectivity index (χ3n) is 2.81. The Kier molecular flexibility index (Phi) is 2.64. The Balaban J connectivity index is 2.65. The molecule has 4 nitrogen and oxygen atoms in total. The van der Waals surface area contributed by atoms with Gasteiger partial charge >= 0.3 is 0 Å². The van der Waals surface area contributed by atoms with Crippen molar-refractivity contribution in [1.82, 2.24) is 14.8 Å². The van der Waals surface area contributed by atoms with Crippen LogP contribution in [0.15, 0.2) is 18.3 Å². The summed E-state index contributed by atoms with van der Waals surface area (Å²) < 4.78 is 1.72. The minimum atomic E-state index is 0.737. The van der Waals surface area contributed by atoms with Gasteiger partial charge in [-0.25, -0.2) is 0 Å². The van der Waals surface area contributed by atoms with E-state index >= 15 is 0 Å². The number of rotatable bonds is 2. The molecule has 16 heavy (non-hydrogen) atoms. The molecule has 0 saturated carbocycles. The molecule has 2 rings (SSSR count). The molecule has 0 bridgehead atoms. The van der Waals surface area contributed by atoms with Crippen LogP contribution in [0.1, 0.15) is 18.2 Å². The average Bonchev–Trinajstić information content (AvgIpc) is 2.56. The van der Waals surface area contributed by atoms with Gasteiger partial charge < -0.3 is 5.73 Å². The van der Waals surface area contributed by atoms with Crippen LogP contribution in [0.2, 0.25) is 0 Å². The van der Waals surface area contributed by atoms with Gasteiger partial charge in [0.1, 0.15) is 5.82 Å². The van der Waals surface area contributed by atoms with Gasteiger partial charge in [0.15, 0.2) is 0 Å². The lowest BCUT2D eigenvalue weighted by molar-refractivity contribution is 0.781. The monoisotopic (exact) mass is 216 g/mol. The minimum absolute atomic E-state index is 0.737. The van der Waals surface area contributed by atoms with E-state index in [-0.39, 0.29) is 0 Å². The Labute approximate surface area is 95.1 Å². The standard InChI is InChI=1S/C12H16N4/c1-4-9-11(15-16(3)12(9)13)10-6-5-7-14-8(10)2/h5-7H,4,13H2,1-3H3. The molecule has 0 amide bonds. The predicted molar refractivity (Wildman–Crippen MR) is 65.0 cm³/mol. The Morgan fingerprint density at radius 2 is 2.19 bits per heavy atom. The van der Waals surface area contributed by atoms with E-state index in [0.29, 0.717) is 0 Å². The van der Waals surface area contributed by atoms with Crippen molar-refractivity contribution < 1.29 is 0 Å². The number of anilines is 1. The fraction of sp³-hybridized carbons (Fsp3) is 0.333. The molecule has 2 aromatic rings. The maximum Gasteiger partial charge on any atom is 0.125 e. The molecular formula is C12H16N4. The number of pyridine rings is 1. The molecule has 2 heterocycles. The zero-order valence-corrected chi connectivity index (χ0v) is 9.86. The third-order valence-corrected chi connectivity index (χ3v) is 2.81. The molecule has 0 aliphatic heterocycles. The first-order valence-electron chi connectivity index (χ1n) is 5.38. The van der Waals surface area contributed by atoms with E-state index in [2.05, 4.69) is 17.0 Å². The highest BCUT2D eigenvalue weighted by Gasteiger charge is 2.15. The van der Waals surface area contributed by atoms with Gasteiger partial charge in [-0.05, 0) is 25.5 Å². The summed E-state index contributed by atoms with van der Waals surface area (Å²) in [7, 11) is 1.86. The molecule has 2 aromatic heterocycles. The van der Waals surface area contributed by atoms with Crippen LogP contribution in [0.25, 0.3) is 11.3 Å². The van der Waals surface area contributed by atoms with Crippen molar-refractivity contribution in [3.8, 4) is 11.3 Å². The average molecular weight is 216 g/mol. The molecule has 0 spiro atoms. The van der Waals surface area contributed by atoms with Gasteiger partial charge in [-0.15, -0.1) is 0 Å². The van der Waals surface area contributed by atoms with Crippen molar-refractivity contribution in [1.29, 1.82) is 0 Å². The van der Waals surface area contributed by atoms with Crippen LogP contribution >= 0.6 is 0 Å². The van der Waals surface area contributed by atoms with E-state index in [4.69, 9.17) is 5.73 Å². The second-order valence-electron chi connectivity index (χ2n) is 3.83. The number of hydrogen-bond donors (Lipinski definition) is 1. The lowest BCUT2D eigenvalue weighted by atomic mass is 10.1. The molecule has 0 atom stereocenters. The van der Waals surface area contributed by atoms with Gasteiger partial charge in [0.2, 0.25) is 0 Å². The van der Waals surface area contributed by atoms with E-state index in [1.165, 1.54) is 0 Å². The Hall–Kier alpha value is -1.84. The SMILES string of the molecule is CCc1c(-c2cccnc2C)nn(C)c1N. The summed E-state index contributed by atoms with van der Waals surface area (Å²) in [6, 6.07) is 3.95. The zero-order valence-electron chi connectivity index (χ0n) is 9.86. The van der Waals surface area contributed by atoms with Crippen molar-refractivity contribution in [2.75, 3.05) is 5.73 Å². The predicted octanol–water partition coefficient (Wildman–Crippen LogP) is 1.94. The van der Waals surface area contributed by atoms with Gasteiger partial charge in [0, 0.05) is 30.1 Å². The van der Waals surface area contributed by atoms with Gasteiger partial charge in [0.05, 0.1) is 5.69 Å². The molecule has 0 radical (unpaired) electrons. The Bertz CT molecular complexity index is 514. The van der Waals surface area contributed by atoms with Gasteiger partial charge in [0.25, 0.3) is 0 Å². The summed E-state index contributed by atoms with van der Waals surface area (Å²) in [5, 5.41) is 4.46. The van der Waals surface area contributed by atoms with Crippen LogP contribution in [-0.4, -0.2) is 14.8 Å². The quantitative estimate of drug-likeness (QED) is 0.834. The largest absolute Gasteiger partial charge is 0.384 e. The summed E-state index contributed by atoms with van der Waals surface area (Å²) in [5.41, 5.74) is 10.1. The first-order valence-corrected chi connectivity index (χ1v) is 5.38. The molecule has 84 valence electrons. The maximum atomic E-state index is 5.98. The Morgan fingerprint density at radius 3 is 2.81 bits per heavy atom. The van der Waals surface area contributed by atoms with E-state index in [1.807, 2.05) is 26.1 Å². The molecule has 0 aliphatic carbocycles. The summed E-state index contributed by atoms with van der Waals surface area (Å²) >= 11 is 0. The smallest absolute Gasteiger partial charge is 0.125 e. The van der Waals surface area contributed by atoms with Crippen LogP contribution in [-0.2, 0) is 13.5 Å². The maximum absolute atomic E-state index is 5.98. The van der Waals surface area contributed by atoms with Crippen molar-refractivity contribution in [3.05, 3.63) is 29.6 Å². The van der Waals surface area contributed by atoms with Crippen LogP contribution in [0, 0.1) is 6.92 Å². The van der Waals surface area contributed by atoms with Crippen LogP contribution < -0.4 is 5.73 Å². The molecule has 4 heteroatoms. The van der Waals surface area contributed by atoms with Crippen molar-refractivity contribution in [2.24, 2.45) is 7.05 Å². The number of hydrogen-bond acceptors (Lipinski definition) is 3. The van der Waals surface area contributed by atoms with Crippen molar-refractivity contribution in [2.45, 2.75) is 20.3 Å². The summed E-state index contributed by atoms with van der Waals surface area (Å²) in [4.78, 5) is 4.28. The topological polar surface area (TPSA) is 56.7 Å². The van der Waals surface area contributed by atoms with Crippen LogP contribution in [0.4, 0.5) is 5.82 Å². The highest BCUT2D eigenvalue weighted by atomic mass is 15.3. The molecule has 0 aliphatic rings. The van der Waals surface area contributed by atoms with Crippen LogP contribution in [0.3, 0.4) is 0 Å². The first-order chi connectivity index (χ1) is 7.65. The second kappa shape index (κ2) is 3.96. The summed E-state index contributed by atoms with van der Waals surface area (Å²) in [6.45, 7) is 4.07. The first kappa shape index (κ1) is 10.7. The third kappa shape index (κ3) is 1.56. The number of aryl methyl sites for hydroxylation is 2. The molecule has 0 unspecified atom stereocenters. The van der Waals surface area contributed by atoms with E-state index in [0.717, 1.165) is 34.8 Å². The second-order valence-corrected chi connectivity index (χ2v) is 3.83. The van der Waals surface area contributed by atoms with Crippen LogP contribution in [0.5, 0.6) is 0 Å². The fourth-order valence-electron chi connectivity index (χ4n) is 1.88. The molecule has 0 aromatic carbocycles. The lowest BCUT2D eigenvalue weighted by Gasteiger charge is -2.03. The number of nitrogen functional groups attached to an aromatic ring is 1. The molecular weight excluding hydrogens is 200 g/mol. The van der Waals surface area contributed by atoms with Gasteiger partial charge in [-0.1, -0.05) is 6.92 Å². The zero-order chi connectivity index (χ0) is 11.7. The minimum Gasteiger partial charge on any atom is -0.384 e. The highest BCUT2D eigenvalue weighted by Crippen LogP contribution is 2.28. The number of nitrogens with zero attached hydrogens (tertiary/aromatic N) is 3. The Morgan fingerprint density at radius 1 is 1.44 bits per heavy atom. The van der Waals surface area contributed by atoms with Gasteiger partial charge in [-0.3, -0.25) is 9.67 Å². The molecule has 0 saturated heterocycles. The molecule has 2 N–H and O–H groups in total. The fourth-order valence-corrected chi connectivity index (χ4v) is 1.88. The number of aromatic nitrogens is 3. The number of nitrogens with two attached hydrogens (primary N) is 1. The van der Waals surface area contributed by atoms with Crippen molar-refractivity contribution >= 4 is 5.82 Å². The van der Waals surface area contributed by atoms with Gasteiger partial charge in [-0.2, -0.15) is 5.10 Å². The van der Waals surface area contributed by atoms with Crippen molar-refractivity contribution in [3.63, 3.8) is 0 Å². The van der Waals surface area contributed by atoms with E-state index in [9.17, 15) is 0 Å². The van der Waals surface area contributed by atoms with E-state index in [1.54, 1.807) is 10.9 Å². The van der Waals surface area contributed by atoms with E-state index < -0.39 is 0 Å². The normalized spacial score (nSPS) is 10.7. The summed E-state index contributed by atoms with van der Waals surface area (Å²) in [6.07, 6.45) is 2.67. The lowest BCUT2D eigenvalue weighted by Crippen LogP contribution is -1.98. The highest BCUT2D eigenvalue weighted by molar-refractivity contribution is 5.69. The molecule has 0 fully saturated rings.